The fourth-order valence-corrected chi connectivity index (χ4v) is 4.69. The van der Waals surface area contributed by atoms with Gasteiger partial charge < -0.3 is 21.5 Å². The number of anilines is 1. The van der Waals surface area contributed by atoms with Crippen molar-refractivity contribution in [3.05, 3.63) is 53.9 Å². The number of carbonyl (C=O) groups excluding carboxylic acids is 1. The largest absolute Gasteiger partial charge is 0.508 e. The molecule has 0 spiro atoms. The highest BCUT2D eigenvalue weighted by atomic mass is 16.3. The van der Waals surface area contributed by atoms with Gasteiger partial charge in [-0.2, -0.15) is 0 Å². The molecule has 6 heteroatoms. The first-order valence-corrected chi connectivity index (χ1v) is 12.2. The number of aromatic hydroxyl groups is 1. The fourth-order valence-electron chi connectivity index (χ4n) is 4.69. The third-order valence-corrected chi connectivity index (χ3v) is 6.61. The molecule has 1 amide bonds. The van der Waals surface area contributed by atoms with Crippen LogP contribution in [0.15, 0.2) is 42.7 Å². The minimum atomic E-state index is -0.261. The second kappa shape index (κ2) is 11.5. The van der Waals surface area contributed by atoms with Crippen molar-refractivity contribution in [3.63, 3.8) is 0 Å². The number of hydrogen-bond donors (Lipinski definition) is 4. The molecule has 1 aliphatic rings. The summed E-state index contributed by atoms with van der Waals surface area (Å²) >= 11 is 0. The van der Waals surface area contributed by atoms with Crippen molar-refractivity contribution in [2.24, 2.45) is 11.3 Å². The van der Waals surface area contributed by atoms with Crippen molar-refractivity contribution >= 4 is 11.6 Å². The number of phenolic OH excluding ortho intramolecular Hbond substituents is 1. The molecule has 6 nitrogen and oxygen atoms in total. The van der Waals surface area contributed by atoms with E-state index in [0.29, 0.717) is 24.6 Å². The molecule has 1 aromatic carbocycles. The number of phenols is 1. The molecule has 0 aliphatic heterocycles. The highest BCUT2D eigenvalue weighted by Gasteiger charge is 2.30. The smallest absolute Gasteiger partial charge is 0.221 e. The van der Waals surface area contributed by atoms with Crippen LogP contribution in [0, 0.1) is 11.3 Å². The highest BCUT2D eigenvalue weighted by Crippen LogP contribution is 2.34. The zero-order valence-corrected chi connectivity index (χ0v) is 20.3. The van der Waals surface area contributed by atoms with Crippen LogP contribution in [-0.4, -0.2) is 28.6 Å². The van der Waals surface area contributed by atoms with Gasteiger partial charge in [0.25, 0.3) is 0 Å². The lowest BCUT2D eigenvalue weighted by atomic mass is 9.81. The van der Waals surface area contributed by atoms with E-state index in [9.17, 15) is 9.90 Å². The maximum Gasteiger partial charge on any atom is 0.221 e. The lowest BCUT2D eigenvalue weighted by molar-refractivity contribution is -0.122. The first-order chi connectivity index (χ1) is 15.7. The molecule has 2 unspecified atom stereocenters. The monoisotopic (exact) mass is 452 g/mol. The fraction of sp³-hybridized carbons (Fsp3) is 0.556. The van der Waals surface area contributed by atoms with E-state index in [1.165, 1.54) is 19.3 Å². The number of nitrogens with one attached hydrogen (secondary N) is 2. The lowest BCUT2D eigenvalue weighted by Gasteiger charge is -2.34. The standard InChI is InChI=1S/C27H40N4O2/c1-27(2,3)13-16-30-25(33)18-23(19-7-5-4-6-8-19)31-26(20-11-14-29-15-12-20)22-10-9-21(28)17-24(22)32/h9-12,14-15,17,19,23,26,31-32H,4-8,13,16,18,28H2,1-3H3,(H,30,33). The Morgan fingerprint density at radius 3 is 2.48 bits per heavy atom. The van der Waals surface area contributed by atoms with Crippen molar-refractivity contribution in [2.75, 3.05) is 12.3 Å². The molecule has 3 rings (SSSR count). The Labute approximate surface area is 198 Å². The average molecular weight is 453 g/mol. The van der Waals surface area contributed by atoms with E-state index in [0.717, 1.165) is 30.4 Å². The van der Waals surface area contributed by atoms with Crippen molar-refractivity contribution in [1.82, 2.24) is 15.6 Å². The third kappa shape index (κ3) is 7.74. The molecule has 0 radical (unpaired) electrons. The SMILES string of the molecule is CC(C)(C)CCNC(=O)CC(NC(c1ccncc1)c1ccc(N)cc1O)C1CCCCC1. The van der Waals surface area contributed by atoms with E-state index in [4.69, 9.17) is 5.73 Å². The van der Waals surface area contributed by atoms with Crippen LogP contribution in [-0.2, 0) is 4.79 Å². The second-order valence-electron chi connectivity index (χ2n) is 10.6. The van der Waals surface area contributed by atoms with Crippen LogP contribution in [0.25, 0.3) is 0 Å². The summed E-state index contributed by atoms with van der Waals surface area (Å²) in [6, 6.07) is 8.91. The lowest BCUT2D eigenvalue weighted by Crippen LogP contribution is -2.43. The minimum Gasteiger partial charge on any atom is -0.508 e. The van der Waals surface area contributed by atoms with Gasteiger partial charge in [0, 0.05) is 48.7 Å². The van der Waals surface area contributed by atoms with Crippen molar-refractivity contribution in [1.29, 1.82) is 0 Å². The normalized spacial score (nSPS) is 16.8. The molecule has 1 fully saturated rings. The molecule has 1 aliphatic carbocycles. The number of amides is 1. The third-order valence-electron chi connectivity index (χ3n) is 6.61. The van der Waals surface area contributed by atoms with E-state index in [1.807, 2.05) is 18.2 Å². The van der Waals surface area contributed by atoms with Gasteiger partial charge in [-0.05, 0) is 54.4 Å². The molecule has 2 aromatic rings. The van der Waals surface area contributed by atoms with Crippen LogP contribution < -0.4 is 16.4 Å². The Balaban J connectivity index is 1.83. The summed E-state index contributed by atoms with van der Waals surface area (Å²) in [6.07, 6.45) is 10.8. The van der Waals surface area contributed by atoms with Gasteiger partial charge in [0.1, 0.15) is 5.75 Å². The predicted molar refractivity (Wildman–Crippen MR) is 134 cm³/mol. The minimum absolute atomic E-state index is 0.00931. The Kier molecular flexibility index (Phi) is 8.73. The average Bonchev–Trinajstić information content (AvgIpc) is 2.77. The van der Waals surface area contributed by atoms with Crippen LogP contribution in [0.4, 0.5) is 5.69 Å². The topological polar surface area (TPSA) is 100 Å². The predicted octanol–water partition coefficient (Wildman–Crippen LogP) is 4.94. The zero-order valence-electron chi connectivity index (χ0n) is 20.3. The number of carbonyl (C=O) groups is 1. The number of nitrogens with zero attached hydrogens (tertiary/aromatic N) is 1. The number of hydrogen-bond acceptors (Lipinski definition) is 5. The summed E-state index contributed by atoms with van der Waals surface area (Å²) in [5.74, 6) is 0.658. The van der Waals surface area contributed by atoms with E-state index < -0.39 is 0 Å². The second-order valence-corrected chi connectivity index (χ2v) is 10.6. The number of nitrogen functional groups attached to an aromatic ring is 1. The molecule has 33 heavy (non-hydrogen) atoms. The number of aromatic nitrogens is 1. The van der Waals surface area contributed by atoms with Crippen LogP contribution in [0.2, 0.25) is 0 Å². The summed E-state index contributed by atoms with van der Waals surface area (Å²) in [5.41, 5.74) is 8.35. The van der Waals surface area contributed by atoms with Gasteiger partial charge in [0.15, 0.2) is 0 Å². The summed E-state index contributed by atoms with van der Waals surface area (Å²) < 4.78 is 0. The van der Waals surface area contributed by atoms with Gasteiger partial charge in [-0.15, -0.1) is 0 Å². The molecular weight excluding hydrogens is 412 g/mol. The van der Waals surface area contributed by atoms with Crippen LogP contribution in [0.1, 0.15) is 82.9 Å². The first kappa shape index (κ1) is 25.0. The van der Waals surface area contributed by atoms with E-state index in [1.54, 1.807) is 24.5 Å². The Morgan fingerprint density at radius 1 is 1.15 bits per heavy atom. The summed E-state index contributed by atoms with van der Waals surface area (Å²) in [4.78, 5) is 17.1. The van der Waals surface area contributed by atoms with Crippen molar-refractivity contribution < 1.29 is 9.90 Å². The van der Waals surface area contributed by atoms with Gasteiger partial charge in [-0.3, -0.25) is 9.78 Å². The number of benzene rings is 1. The van der Waals surface area contributed by atoms with E-state index >= 15 is 0 Å². The Hall–Kier alpha value is -2.60. The van der Waals surface area contributed by atoms with Crippen LogP contribution >= 0.6 is 0 Å². The van der Waals surface area contributed by atoms with Gasteiger partial charge in [-0.25, -0.2) is 0 Å². The van der Waals surface area contributed by atoms with Crippen LogP contribution in [0.3, 0.4) is 0 Å². The Morgan fingerprint density at radius 2 is 1.85 bits per heavy atom. The van der Waals surface area contributed by atoms with Gasteiger partial charge in [0.05, 0.1) is 6.04 Å². The molecule has 2 atom stereocenters. The highest BCUT2D eigenvalue weighted by molar-refractivity contribution is 5.76. The Bertz CT molecular complexity index is 889. The molecule has 5 N–H and O–H groups in total. The first-order valence-electron chi connectivity index (χ1n) is 12.2. The summed E-state index contributed by atoms with van der Waals surface area (Å²) in [5, 5.41) is 17.6. The van der Waals surface area contributed by atoms with E-state index in [2.05, 4.69) is 36.4 Å². The molecule has 180 valence electrons. The van der Waals surface area contributed by atoms with Crippen molar-refractivity contribution in [2.45, 2.75) is 77.8 Å². The molecule has 1 saturated carbocycles. The van der Waals surface area contributed by atoms with Gasteiger partial charge in [-0.1, -0.05) is 46.1 Å². The molecule has 1 heterocycles. The number of pyridine rings is 1. The summed E-state index contributed by atoms with van der Waals surface area (Å²) in [6.45, 7) is 7.24. The van der Waals surface area contributed by atoms with E-state index in [-0.39, 0.29) is 29.2 Å². The zero-order chi connectivity index (χ0) is 23.8. The molecule has 0 bridgehead atoms. The number of nitrogens with two attached hydrogens (primary N) is 1. The van der Waals surface area contributed by atoms with Gasteiger partial charge in [0.2, 0.25) is 5.91 Å². The van der Waals surface area contributed by atoms with Crippen molar-refractivity contribution in [3.8, 4) is 5.75 Å². The van der Waals surface area contributed by atoms with Gasteiger partial charge >= 0.3 is 0 Å². The quantitative estimate of drug-likeness (QED) is 0.404. The molecular formula is C27H40N4O2. The maximum absolute atomic E-state index is 12.9. The maximum atomic E-state index is 12.9. The number of rotatable bonds is 9. The molecule has 0 saturated heterocycles. The van der Waals surface area contributed by atoms with Crippen LogP contribution in [0.5, 0.6) is 5.75 Å². The molecule has 1 aromatic heterocycles. The summed E-state index contributed by atoms with van der Waals surface area (Å²) in [7, 11) is 0.